The maximum absolute atomic E-state index is 12.8. The molecular formula is C21H16Cl2N2O3. The molecule has 0 spiro atoms. The zero-order valence-corrected chi connectivity index (χ0v) is 16.7. The molecule has 0 aliphatic heterocycles. The number of hydrogen-bond acceptors (Lipinski definition) is 4. The van der Waals surface area contributed by atoms with Gasteiger partial charge in [-0.3, -0.25) is 9.89 Å². The van der Waals surface area contributed by atoms with E-state index in [-0.39, 0.29) is 5.78 Å². The van der Waals surface area contributed by atoms with Crippen LogP contribution in [0, 0.1) is 0 Å². The average molecular weight is 415 g/mol. The van der Waals surface area contributed by atoms with Crippen molar-refractivity contribution in [1.29, 1.82) is 0 Å². The second-order valence-electron chi connectivity index (χ2n) is 6.38. The summed E-state index contributed by atoms with van der Waals surface area (Å²) in [6.45, 7) is 0. The van der Waals surface area contributed by atoms with Crippen LogP contribution in [0.5, 0.6) is 11.5 Å². The summed E-state index contributed by atoms with van der Waals surface area (Å²) in [6.07, 6.45) is 2.34. The zero-order valence-electron chi connectivity index (χ0n) is 15.2. The molecule has 0 fully saturated rings. The van der Waals surface area contributed by atoms with Gasteiger partial charge >= 0.3 is 0 Å². The molecule has 1 aliphatic rings. The van der Waals surface area contributed by atoms with Crippen LogP contribution in [-0.4, -0.2) is 30.2 Å². The fraction of sp³-hybridized carbons (Fsp3) is 0.143. The van der Waals surface area contributed by atoms with Gasteiger partial charge in [-0.2, -0.15) is 5.10 Å². The maximum Gasteiger partial charge on any atom is 0.189 e. The van der Waals surface area contributed by atoms with Crippen LogP contribution in [-0.2, 0) is 6.42 Å². The van der Waals surface area contributed by atoms with Gasteiger partial charge in [0.25, 0.3) is 0 Å². The first-order valence-corrected chi connectivity index (χ1v) is 9.26. The predicted octanol–water partition coefficient (Wildman–Crippen LogP) is 5.22. The van der Waals surface area contributed by atoms with Gasteiger partial charge in [-0.25, -0.2) is 0 Å². The first-order chi connectivity index (χ1) is 13.5. The fourth-order valence-corrected chi connectivity index (χ4v) is 3.55. The molecule has 28 heavy (non-hydrogen) atoms. The summed E-state index contributed by atoms with van der Waals surface area (Å²) >= 11 is 12.0. The highest BCUT2D eigenvalue weighted by Gasteiger charge is 2.27. The number of methoxy groups -OCH3 is 2. The van der Waals surface area contributed by atoms with Crippen molar-refractivity contribution in [3.05, 3.63) is 68.8 Å². The highest BCUT2D eigenvalue weighted by atomic mass is 35.5. The number of nitrogens with one attached hydrogen (secondary N) is 1. The molecule has 1 aliphatic carbocycles. The number of ether oxygens (including phenoxy) is 2. The Morgan fingerprint density at radius 2 is 1.79 bits per heavy atom. The highest BCUT2D eigenvalue weighted by Crippen LogP contribution is 2.37. The number of rotatable bonds is 4. The molecule has 3 aromatic rings. The van der Waals surface area contributed by atoms with Crippen LogP contribution in [0.15, 0.2) is 42.0 Å². The molecule has 0 radical (unpaired) electrons. The van der Waals surface area contributed by atoms with Crippen LogP contribution >= 0.6 is 23.2 Å². The number of hydrogen-bond donors (Lipinski definition) is 1. The smallest absolute Gasteiger partial charge is 0.189 e. The average Bonchev–Trinajstić information content (AvgIpc) is 3.28. The molecule has 0 unspecified atom stereocenters. The standard InChI is InChI=1S/C21H16Cl2N2O3/c1-27-19-8-12-5-13(21(26)15(12)10-20(19)28-2)6-14-9-18(25-24-14)11-3-4-16(22)17(23)7-11/h3-4,6-10H,5H2,1-2H3,(H,24,25)/b13-6+. The number of allylic oxidation sites excluding steroid dienone is 1. The second-order valence-corrected chi connectivity index (χ2v) is 7.19. The van der Waals surface area contributed by atoms with Crippen LogP contribution in [0.4, 0.5) is 0 Å². The third-order valence-corrected chi connectivity index (χ3v) is 5.41. The highest BCUT2D eigenvalue weighted by molar-refractivity contribution is 6.42. The van der Waals surface area contributed by atoms with E-state index in [9.17, 15) is 4.79 Å². The lowest BCUT2D eigenvalue weighted by Crippen LogP contribution is -1.97. The molecule has 7 heteroatoms. The fourth-order valence-electron chi connectivity index (χ4n) is 3.26. The molecule has 1 aromatic heterocycles. The summed E-state index contributed by atoms with van der Waals surface area (Å²) in [5, 5.41) is 8.21. The number of Topliss-reactive ketones (excluding diaryl/α,β-unsaturated/α-hetero) is 1. The van der Waals surface area contributed by atoms with E-state index in [0.717, 1.165) is 22.5 Å². The lowest BCUT2D eigenvalue weighted by molar-refractivity contribution is 0.104. The number of ketones is 1. The van der Waals surface area contributed by atoms with Crippen molar-refractivity contribution in [1.82, 2.24) is 10.2 Å². The third kappa shape index (κ3) is 3.28. The molecular weight excluding hydrogens is 399 g/mol. The van der Waals surface area contributed by atoms with Crippen LogP contribution in [0.25, 0.3) is 17.3 Å². The Morgan fingerprint density at radius 1 is 1.04 bits per heavy atom. The van der Waals surface area contributed by atoms with Crippen molar-refractivity contribution in [3.63, 3.8) is 0 Å². The minimum Gasteiger partial charge on any atom is -0.493 e. The van der Waals surface area contributed by atoms with E-state index in [0.29, 0.717) is 39.1 Å². The number of benzene rings is 2. The lowest BCUT2D eigenvalue weighted by Gasteiger charge is -2.08. The third-order valence-electron chi connectivity index (χ3n) is 4.67. The number of fused-ring (bicyclic) bond motifs is 1. The number of carbonyl (C=O) groups excluding carboxylic acids is 1. The SMILES string of the molecule is COc1cc2c(cc1OC)C(=O)/C(=C/c1cc(-c3ccc(Cl)c(Cl)c3)n[nH]1)C2. The monoisotopic (exact) mass is 414 g/mol. The van der Waals surface area contributed by atoms with Crippen molar-refractivity contribution < 1.29 is 14.3 Å². The molecule has 142 valence electrons. The molecule has 4 rings (SSSR count). The molecule has 0 atom stereocenters. The molecule has 2 aromatic carbocycles. The Balaban J connectivity index is 1.64. The summed E-state index contributed by atoms with van der Waals surface area (Å²) in [4.78, 5) is 12.8. The van der Waals surface area contributed by atoms with Gasteiger partial charge in [0.1, 0.15) is 0 Å². The first kappa shape index (κ1) is 18.6. The Bertz CT molecular complexity index is 1120. The Hall–Kier alpha value is -2.76. The number of halogens is 2. The molecule has 1 heterocycles. The molecule has 0 saturated heterocycles. The summed E-state index contributed by atoms with van der Waals surface area (Å²) in [5.41, 5.74) is 4.51. The van der Waals surface area contributed by atoms with Crippen LogP contribution in [0.3, 0.4) is 0 Å². The van der Waals surface area contributed by atoms with E-state index in [4.69, 9.17) is 32.7 Å². The van der Waals surface area contributed by atoms with Gasteiger partial charge in [-0.1, -0.05) is 29.3 Å². The van der Waals surface area contributed by atoms with Gasteiger partial charge in [0.15, 0.2) is 17.3 Å². The van der Waals surface area contributed by atoms with Crippen molar-refractivity contribution >= 4 is 35.1 Å². The largest absolute Gasteiger partial charge is 0.493 e. The van der Waals surface area contributed by atoms with E-state index >= 15 is 0 Å². The van der Waals surface area contributed by atoms with Crippen molar-refractivity contribution in [2.45, 2.75) is 6.42 Å². The van der Waals surface area contributed by atoms with E-state index < -0.39 is 0 Å². The summed E-state index contributed by atoms with van der Waals surface area (Å²) in [5.74, 6) is 1.12. The van der Waals surface area contributed by atoms with Crippen molar-refractivity contribution in [2.75, 3.05) is 14.2 Å². The number of nitrogens with zero attached hydrogens (tertiary/aromatic N) is 1. The molecule has 0 saturated carbocycles. The number of H-pyrrole nitrogens is 1. The van der Waals surface area contributed by atoms with Crippen molar-refractivity contribution in [2.24, 2.45) is 0 Å². The Labute approximate surface area is 171 Å². The van der Waals surface area contributed by atoms with Crippen molar-refractivity contribution in [3.8, 4) is 22.8 Å². The zero-order chi connectivity index (χ0) is 19.8. The van der Waals surface area contributed by atoms with Crippen LogP contribution in [0.1, 0.15) is 21.6 Å². The maximum atomic E-state index is 12.8. The Kier molecular flexibility index (Phi) is 4.87. The number of aromatic amines is 1. The van der Waals surface area contributed by atoms with E-state index in [2.05, 4.69) is 10.2 Å². The van der Waals surface area contributed by atoms with Gasteiger partial charge < -0.3 is 9.47 Å². The van der Waals surface area contributed by atoms with Gasteiger partial charge in [0.2, 0.25) is 0 Å². The van der Waals surface area contributed by atoms with Crippen LogP contribution < -0.4 is 9.47 Å². The summed E-state index contributed by atoms with van der Waals surface area (Å²) < 4.78 is 10.6. The minimum atomic E-state index is -0.0263. The van der Waals surface area contributed by atoms with Gasteiger partial charge in [-0.05, 0) is 42.0 Å². The number of carbonyl (C=O) groups is 1. The Morgan fingerprint density at radius 3 is 2.50 bits per heavy atom. The molecule has 1 N–H and O–H groups in total. The predicted molar refractivity (Wildman–Crippen MR) is 110 cm³/mol. The first-order valence-electron chi connectivity index (χ1n) is 8.51. The quantitative estimate of drug-likeness (QED) is 0.594. The molecule has 5 nitrogen and oxygen atoms in total. The minimum absolute atomic E-state index is 0.0263. The topological polar surface area (TPSA) is 64.2 Å². The van der Waals surface area contributed by atoms with E-state index in [1.807, 2.05) is 24.3 Å². The van der Waals surface area contributed by atoms with E-state index in [1.54, 1.807) is 32.4 Å². The normalized spacial score (nSPS) is 14.4. The number of aromatic nitrogens is 2. The summed E-state index contributed by atoms with van der Waals surface area (Å²) in [6, 6.07) is 10.8. The lowest BCUT2D eigenvalue weighted by atomic mass is 10.1. The second kappa shape index (κ2) is 7.34. The summed E-state index contributed by atoms with van der Waals surface area (Å²) in [7, 11) is 3.13. The molecule has 0 amide bonds. The van der Waals surface area contributed by atoms with Gasteiger partial charge in [0, 0.05) is 23.1 Å². The van der Waals surface area contributed by atoms with Gasteiger partial charge in [-0.15, -0.1) is 0 Å². The van der Waals surface area contributed by atoms with Gasteiger partial charge in [0.05, 0.1) is 35.7 Å². The van der Waals surface area contributed by atoms with E-state index in [1.165, 1.54) is 0 Å². The molecule has 0 bridgehead atoms. The van der Waals surface area contributed by atoms with Crippen LogP contribution in [0.2, 0.25) is 10.0 Å².